The predicted octanol–water partition coefficient (Wildman–Crippen LogP) is -0.896. The molecule has 0 bridgehead atoms. The maximum atomic E-state index is 15.0. The fourth-order valence-electron chi connectivity index (χ4n) is 3.18. The Balaban J connectivity index is 2.14. The van der Waals surface area contributed by atoms with Crippen molar-refractivity contribution >= 4 is 35.3 Å². The molecule has 3 heterocycles. The number of nitrogens with zero attached hydrogens (tertiary/aromatic N) is 4. The van der Waals surface area contributed by atoms with Crippen LogP contribution in [0.15, 0.2) is 11.0 Å². The molecular formula is C16H18FN5O7. The molecule has 12 nitrogen and oxygen atoms in total. The van der Waals surface area contributed by atoms with Gasteiger partial charge in [0.05, 0.1) is 26.3 Å². The molecule has 29 heavy (non-hydrogen) atoms. The minimum absolute atomic E-state index is 0.0441. The fourth-order valence-corrected chi connectivity index (χ4v) is 3.18. The van der Waals surface area contributed by atoms with Crippen LogP contribution in [0.4, 0.5) is 10.3 Å². The largest absolute Gasteiger partial charge is 0.469 e. The number of halogens is 1. The summed E-state index contributed by atoms with van der Waals surface area (Å²) in [7, 11) is 1.13. The van der Waals surface area contributed by atoms with E-state index in [-0.39, 0.29) is 23.7 Å². The van der Waals surface area contributed by atoms with E-state index in [1.807, 2.05) is 0 Å². The van der Waals surface area contributed by atoms with E-state index in [0.29, 0.717) is 6.29 Å². The number of aldehydes is 1. The maximum absolute atomic E-state index is 15.0. The molecule has 0 spiro atoms. The number of esters is 2. The second-order valence-electron chi connectivity index (χ2n) is 6.23. The normalized spacial score (nSPS) is 23.8. The van der Waals surface area contributed by atoms with Crippen molar-refractivity contribution in [1.82, 2.24) is 19.1 Å². The molecule has 1 fully saturated rings. The van der Waals surface area contributed by atoms with Gasteiger partial charge in [0.25, 0.3) is 0 Å². The SMILES string of the molecule is COC(=O)C[C@H]1O[C@@H](n2c(=O)n(CC=O)c3cnc(N)nc32)[C@H](OC(C)=O)[C@@H]1F. The lowest BCUT2D eigenvalue weighted by Gasteiger charge is -2.19. The van der Waals surface area contributed by atoms with Gasteiger partial charge in [0.1, 0.15) is 17.9 Å². The number of imidazole rings is 1. The molecule has 0 saturated carbocycles. The van der Waals surface area contributed by atoms with Gasteiger partial charge in [0, 0.05) is 6.92 Å². The molecular weight excluding hydrogens is 393 g/mol. The third-order valence-electron chi connectivity index (χ3n) is 4.40. The van der Waals surface area contributed by atoms with Crippen LogP contribution in [0.1, 0.15) is 19.6 Å². The van der Waals surface area contributed by atoms with Crippen LogP contribution in [0.25, 0.3) is 11.2 Å². The zero-order valence-corrected chi connectivity index (χ0v) is 15.5. The van der Waals surface area contributed by atoms with Crippen molar-refractivity contribution in [2.45, 2.75) is 44.5 Å². The van der Waals surface area contributed by atoms with Crippen molar-refractivity contribution in [2.24, 2.45) is 0 Å². The van der Waals surface area contributed by atoms with E-state index >= 15 is 0 Å². The highest BCUT2D eigenvalue weighted by Crippen LogP contribution is 2.36. The second kappa shape index (κ2) is 7.95. The van der Waals surface area contributed by atoms with E-state index in [1.54, 1.807) is 0 Å². The predicted molar refractivity (Wildman–Crippen MR) is 93.3 cm³/mol. The van der Waals surface area contributed by atoms with Crippen LogP contribution in [0, 0.1) is 0 Å². The molecule has 156 valence electrons. The van der Waals surface area contributed by atoms with Crippen LogP contribution in [0.2, 0.25) is 0 Å². The molecule has 0 aliphatic carbocycles. The van der Waals surface area contributed by atoms with Gasteiger partial charge in [0.15, 0.2) is 24.2 Å². The van der Waals surface area contributed by atoms with Crippen molar-refractivity contribution in [3.63, 3.8) is 0 Å². The number of hydrogen-bond acceptors (Lipinski definition) is 10. The number of methoxy groups -OCH3 is 1. The highest BCUT2D eigenvalue weighted by atomic mass is 19.1. The molecule has 0 radical (unpaired) electrons. The molecule has 2 N–H and O–H groups in total. The van der Waals surface area contributed by atoms with Gasteiger partial charge in [-0.25, -0.2) is 18.7 Å². The summed E-state index contributed by atoms with van der Waals surface area (Å²) >= 11 is 0. The fraction of sp³-hybridized carbons (Fsp3) is 0.500. The summed E-state index contributed by atoms with van der Waals surface area (Å²) in [6.07, 6.45) is -5.03. The standard InChI is InChI=1S/C16H18FN5O7/c1-7(24)28-12-11(17)9(5-10(25)27-2)29-14(12)22-13-8(6-19-15(18)20-13)21(3-4-23)16(22)26/h4,6,9,11-12,14H,3,5H2,1-2H3,(H2,18,19,20)/t9-,11-,12-,14-/m1/s1. The zero-order valence-electron chi connectivity index (χ0n) is 15.5. The summed E-state index contributed by atoms with van der Waals surface area (Å²) in [5, 5.41) is 0. The van der Waals surface area contributed by atoms with Crippen molar-refractivity contribution in [3.8, 4) is 0 Å². The second-order valence-corrected chi connectivity index (χ2v) is 6.23. The van der Waals surface area contributed by atoms with Gasteiger partial charge in [-0.2, -0.15) is 4.98 Å². The first-order chi connectivity index (χ1) is 13.8. The topological polar surface area (TPSA) is 158 Å². The van der Waals surface area contributed by atoms with Gasteiger partial charge in [-0.1, -0.05) is 0 Å². The molecule has 0 unspecified atom stereocenters. The average Bonchev–Trinajstić information content (AvgIpc) is 3.10. The first-order valence-corrected chi connectivity index (χ1v) is 8.49. The van der Waals surface area contributed by atoms with Crippen LogP contribution in [0.3, 0.4) is 0 Å². The van der Waals surface area contributed by atoms with Crippen molar-refractivity contribution in [2.75, 3.05) is 12.8 Å². The first-order valence-electron chi connectivity index (χ1n) is 8.49. The monoisotopic (exact) mass is 411 g/mol. The van der Waals surface area contributed by atoms with Gasteiger partial charge < -0.3 is 24.7 Å². The molecule has 2 aromatic heterocycles. The Morgan fingerprint density at radius 3 is 2.79 bits per heavy atom. The van der Waals surface area contributed by atoms with Crippen molar-refractivity contribution in [1.29, 1.82) is 0 Å². The summed E-state index contributed by atoms with van der Waals surface area (Å²) in [5.41, 5.74) is 4.93. The maximum Gasteiger partial charge on any atom is 0.333 e. The Hall–Kier alpha value is -3.35. The Morgan fingerprint density at radius 1 is 1.45 bits per heavy atom. The number of aromatic nitrogens is 4. The van der Waals surface area contributed by atoms with Crippen LogP contribution in [0.5, 0.6) is 0 Å². The zero-order chi connectivity index (χ0) is 21.3. The summed E-state index contributed by atoms with van der Waals surface area (Å²) in [4.78, 5) is 54.8. The number of nitrogen functional groups attached to an aromatic ring is 1. The van der Waals surface area contributed by atoms with E-state index in [0.717, 1.165) is 23.2 Å². The molecule has 13 heteroatoms. The molecule has 2 aromatic rings. The number of fused-ring (bicyclic) bond motifs is 1. The number of anilines is 1. The van der Waals surface area contributed by atoms with E-state index in [1.165, 1.54) is 6.20 Å². The summed E-state index contributed by atoms with van der Waals surface area (Å²) in [6, 6.07) is 0. The number of alkyl halides is 1. The van der Waals surface area contributed by atoms with E-state index in [2.05, 4.69) is 14.7 Å². The number of carbonyl (C=O) groups is 3. The lowest BCUT2D eigenvalue weighted by Crippen LogP contribution is -2.37. The number of rotatable bonds is 6. The van der Waals surface area contributed by atoms with E-state index < -0.39 is 48.7 Å². The quantitative estimate of drug-likeness (QED) is 0.467. The minimum Gasteiger partial charge on any atom is -0.469 e. The average molecular weight is 411 g/mol. The van der Waals surface area contributed by atoms with Crippen LogP contribution in [-0.4, -0.2) is 62.8 Å². The van der Waals surface area contributed by atoms with Crippen molar-refractivity contribution in [3.05, 3.63) is 16.7 Å². The summed E-state index contributed by atoms with van der Waals surface area (Å²) in [6.45, 7) is 0.737. The lowest BCUT2D eigenvalue weighted by atomic mass is 10.1. The molecule has 1 aliphatic rings. The molecule has 1 saturated heterocycles. The molecule has 0 amide bonds. The number of ether oxygens (including phenoxy) is 3. The molecule has 1 aliphatic heterocycles. The van der Waals surface area contributed by atoms with Gasteiger partial charge in [0.2, 0.25) is 5.95 Å². The van der Waals surface area contributed by atoms with Crippen molar-refractivity contribution < 1.29 is 33.0 Å². The Bertz CT molecular complexity index is 1020. The van der Waals surface area contributed by atoms with E-state index in [9.17, 15) is 23.6 Å². The Labute approximate surface area is 162 Å². The van der Waals surface area contributed by atoms with Crippen LogP contribution >= 0.6 is 0 Å². The van der Waals surface area contributed by atoms with Crippen LogP contribution < -0.4 is 11.4 Å². The molecule has 0 aromatic carbocycles. The van der Waals surface area contributed by atoms with Gasteiger partial charge >= 0.3 is 17.6 Å². The molecule has 4 atom stereocenters. The van der Waals surface area contributed by atoms with Gasteiger partial charge in [-0.05, 0) is 0 Å². The van der Waals surface area contributed by atoms with E-state index in [4.69, 9.17) is 15.2 Å². The van der Waals surface area contributed by atoms with Crippen LogP contribution in [-0.2, 0) is 35.1 Å². The van der Waals surface area contributed by atoms with Gasteiger partial charge in [-0.3, -0.25) is 14.2 Å². The Morgan fingerprint density at radius 2 is 2.17 bits per heavy atom. The summed E-state index contributed by atoms with van der Waals surface area (Å²) < 4.78 is 32.1. The minimum atomic E-state index is -1.93. The number of carbonyl (C=O) groups excluding carboxylic acids is 3. The third kappa shape index (κ3) is 3.68. The number of hydrogen-bond donors (Lipinski definition) is 1. The lowest BCUT2D eigenvalue weighted by molar-refractivity contribution is -0.154. The first kappa shape index (κ1) is 20.4. The smallest absolute Gasteiger partial charge is 0.333 e. The third-order valence-corrected chi connectivity index (χ3v) is 4.40. The summed E-state index contributed by atoms with van der Waals surface area (Å²) in [5.74, 6) is -1.74. The Kier molecular flexibility index (Phi) is 5.59. The van der Waals surface area contributed by atoms with Gasteiger partial charge in [-0.15, -0.1) is 0 Å². The highest BCUT2D eigenvalue weighted by Gasteiger charge is 2.50. The molecule has 3 rings (SSSR count). The highest BCUT2D eigenvalue weighted by molar-refractivity contribution is 5.73. The number of nitrogens with two attached hydrogens (primary N) is 1.